The van der Waals surface area contributed by atoms with Crippen molar-refractivity contribution in [1.82, 2.24) is 14.5 Å². The van der Waals surface area contributed by atoms with Crippen LogP contribution >= 0.6 is 0 Å². The topological polar surface area (TPSA) is 95.3 Å². The Hall–Kier alpha value is -3.68. The van der Waals surface area contributed by atoms with Gasteiger partial charge in [-0.25, -0.2) is 14.8 Å². The third-order valence-electron chi connectivity index (χ3n) is 4.44. The molecule has 2 aromatic heterocycles. The number of methoxy groups -OCH3 is 1. The maximum absolute atomic E-state index is 12.7. The molecule has 0 bridgehead atoms. The molecule has 1 unspecified atom stereocenters. The largest absolute Gasteiger partial charge is 0.497 e. The second-order valence-corrected chi connectivity index (χ2v) is 6.43. The molecule has 0 saturated heterocycles. The first-order valence-electron chi connectivity index (χ1n) is 9.03. The summed E-state index contributed by atoms with van der Waals surface area (Å²) in [5, 5.41) is 2.51. The van der Waals surface area contributed by atoms with Gasteiger partial charge in [-0.05, 0) is 57.2 Å². The highest BCUT2D eigenvalue weighted by Crippen LogP contribution is 2.23. The predicted molar refractivity (Wildman–Crippen MR) is 107 cm³/mol. The number of aromatic nitrogens is 3. The molecule has 0 aliphatic rings. The molecule has 0 saturated carbocycles. The zero-order chi connectivity index (χ0) is 21.0. The van der Waals surface area contributed by atoms with Crippen LogP contribution in [0.1, 0.15) is 28.7 Å². The Morgan fingerprint density at radius 2 is 1.76 bits per heavy atom. The van der Waals surface area contributed by atoms with Crippen molar-refractivity contribution in [3.05, 3.63) is 65.7 Å². The number of esters is 1. The SMILES string of the molecule is COc1ccc(-n2c(C)cc(C(=O)OC(C)C(=O)Nc3ncccn3)c2C)cc1. The third kappa shape index (κ3) is 4.43. The van der Waals surface area contributed by atoms with E-state index in [1.165, 1.54) is 19.3 Å². The monoisotopic (exact) mass is 394 g/mol. The number of benzene rings is 1. The van der Waals surface area contributed by atoms with E-state index >= 15 is 0 Å². The van der Waals surface area contributed by atoms with Gasteiger partial charge in [0.2, 0.25) is 5.95 Å². The molecule has 8 heteroatoms. The molecule has 8 nitrogen and oxygen atoms in total. The van der Waals surface area contributed by atoms with Gasteiger partial charge in [0.1, 0.15) is 5.75 Å². The van der Waals surface area contributed by atoms with Crippen molar-refractivity contribution in [2.75, 3.05) is 12.4 Å². The summed E-state index contributed by atoms with van der Waals surface area (Å²) < 4.78 is 12.5. The van der Waals surface area contributed by atoms with Crippen molar-refractivity contribution in [2.24, 2.45) is 0 Å². The Morgan fingerprint density at radius 3 is 2.38 bits per heavy atom. The third-order valence-corrected chi connectivity index (χ3v) is 4.44. The lowest BCUT2D eigenvalue weighted by Crippen LogP contribution is -2.30. The van der Waals surface area contributed by atoms with Crippen LogP contribution in [0.25, 0.3) is 5.69 Å². The summed E-state index contributed by atoms with van der Waals surface area (Å²) in [6.07, 6.45) is 2.01. The number of ether oxygens (including phenoxy) is 2. The van der Waals surface area contributed by atoms with Gasteiger partial charge in [-0.1, -0.05) is 0 Å². The quantitative estimate of drug-likeness (QED) is 0.646. The minimum Gasteiger partial charge on any atom is -0.497 e. The number of nitrogens with one attached hydrogen (secondary N) is 1. The van der Waals surface area contributed by atoms with Gasteiger partial charge in [-0.2, -0.15) is 0 Å². The lowest BCUT2D eigenvalue weighted by atomic mass is 10.2. The summed E-state index contributed by atoms with van der Waals surface area (Å²) in [5.74, 6) is -0.181. The van der Waals surface area contributed by atoms with E-state index in [-0.39, 0.29) is 5.95 Å². The van der Waals surface area contributed by atoms with Gasteiger partial charge in [-0.15, -0.1) is 0 Å². The Morgan fingerprint density at radius 1 is 1.10 bits per heavy atom. The summed E-state index contributed by atoms with van der Waals surface area (Å²) in [5.41, 5.74) is 2.88. The van der Waals surface area contributed by atoms with Gasteiger partial charge in [0.15, 0.2) is 6.10 Å². The van der Waals surface area contributed by atoms with E-state index in [1.807, 2.05) is 42.7 Å². The summed E-state index contributed by atoms with van der Waals surface area (Å²) in [7, 11) is 1.61. The fraction of sp³-hybridized carbons (Fsp3) is 0.238. The van der Waals surface area contributed by atoms with E-state index in [4.69, 9.17) is 9.47 Å². The van der Waals surface area contributed by atoms with Crippen LogP contribution < -0.4 is 10.1 Å². The average molecular weight is 394 g/mol. The fourth-order valence-electron chi connectivity index (χ4n) is 2.95. The van der Waals surface area contributed by atoms with Crippen LogP contribution in [0.2, 0.25) is 0 Å². The second kappa shape index (κ2) is 8.55. The van der Waals surface area contributed by atoms with Crippen molar-refractivity contribution in [2.45, 2.75) is 26.9 Å². The van der Waals surface area contributed by atoms with Gasteiger partial charge >= 0.3 is 5.97 Å². The Bertz CT molecular complexity index is 1010. The van der Waals surface area contributed by atoms with Crippen LogP contribution in [0.4, 0.5) is 5.95 Å². The molecule has 29 heavy (non-hydrogen) atoms. The first-order chi connectivity index (χ1) is 13.9. The highest BCUT2D eigenvalue weighted by molar-refractivity contribution is 5.97. The molecule has 0 spiro atoms. The molecular weight excluding hydrogens is 372 g/mol. The highest BCUT2D eigenvalue weighted by Gasteiger charge is 2.23. The molecular formula is C21H22N4O4. The number of hydrogen-bond acceptors (Lipinski definition) is 6. The molecule has 0 aliphatic heterocycles. The van der Waals surface area contributed by atoms with Gasteiger partial charge in [0.25, 0.3) is 5.91 Å². The predicted octanol–water partition coefficient (Wildman–Crippen LogP) is 3.08. The van der Waals surface area contributed by atoms with E-state index < -0.39 is 18.0 Å². The maximum atomic E-state index is 12.7. The number of aryl methyl sites for hydroxylation is 1. The first-order valence-corrected chi connectivity index (χ1v) is 9.03. The molecule has 3 aromatic rings. The van der Waals surface area contributed by atoms with Crippen LogP contribution in [0, 0.1) is 13.8 Å². The number of hydrogen-bond donors (Lipinski definition) is 1. The number of carbonyl (C=O) groups is 2. The average Bonchev–Trinajstić information content (AvgIpc) is 3.03. The lowest BCUT2D eigenvalue weighted by molar-refractivity contribution is -0.123. The smallest absolute Gasteiger partial charge is 0.340 e. The number of anilines is 1. The van der Waals surface area contributed by atoms with Gasteiger partial charge in [0, 0.05) is 29.5 Å². The summed E-state index contributed by atoms with van der Waals surface area (Å²) in [6, 6.07) is 10.9. The number of rotatable bonds is 6. The molecule has 0 fully saturated rings. The van der Waals surface area contributed by atoms with Gasteiger partial charge < -0.3 is 14.0 Å². The summed E-state index contributed by atoms with van der Waals surface area (Å²) >= 11 is 0. The zero-order valence-electron chi connectivity index (χ0n) is 16.7. The van der Waals surface area contributed by atoms with Crippen LogP contribution in [-0.2, 0) is 9.53 Å². The molecule has 1 aromatic carbocycles. The normalized spacial score (nSPS) is 11.6. The Kier molecular flexibility index (Phi) is 5.92. The van der Waals surface area contributed by atoms with E-state index in [0.29, 0.717) is 5.56 Å². The molecule has 1 amide bonds. The maximum Gasteiger partial charge on any atom is 0.340 e. The van der Waals surface area contributed by atoms with Crippen molar-refractivity contribution in [3.63, 3.8) is 0 Å². The molecule has 2 heterocycles. The van der Waals surface area contributed by atoms with Crippen molar-refractivity contribution >= 4 is 17.8 Å². The molecule has 3 rings (SSSR count). The van der Waals surface area contributed by atoms with Crippen molar-refractivity contribution in [3.8, 4) is 11.4 Å². The standard InChI is InChI=1S/C21H22N4O4/c1-13-12-18(14(2)25(13)16-6-8-17(28-4)9-7-16)20(27)29-15(3)19(26)24-21-22-10-5-11-23-21/h5-12,15H,1-4H3,(H,22,23,24,26). The lowest BCUT2D eigenvalue weighted by Gasteiger charge is -2.13. The molecule has 1 N–H and O–H groups in total. The van der Waals surface area contributed by atoms with Gasteiger partial charge in [0.05, 0.1) is 12.7 Å². The fourth-order valence-corrected chi connectivity index (χ4v) is 2.95. The number of carbonyl (C=O) groups excluding carboxylic acids is 2. The first kappa shape index (κ1) is 20.1. The van der Waals surface area contributed by atoms with Crippen molar-refractivity contribution in [1.29, 1.82) is 0 Å². The Balaban J connectivity index is 1.74. The van der Waals surface area contributed by atoms with Crippen molar-refractivity contribution < 1.29 is 19.1 Å². The minimum absolute atomic E-state index is 0.151. The Labute approximate surface area is 168 Å². The van der Waals surface area contributed by atoms with E-state index in [2.05, 4.69) is 15.3 Å². The molecule has 0 aliphatic carbocycles. The zero-order valence-corrected chi connectivity index (χ0v) is 16.7. The van der Waals surface area contributed by atoms with E-state index in [0.717, 1.165) is 22.8 Å². The molecule has 150 valence electrons. The van der Waals surface area contributed by atoms with Crippen LogP contribution in [0.5, 0.6) is 5.75 Å². The molecule has 0 radical (unpaired) electrons. The van der Waals surface area contributed by atoms with E-state index in [1.54, 1.807) is 19.2 Å². The van der Waals surface area contributed by atoms with Crippen LogP contribution in [0.3, 0.4) is 0 Å². The van der Waals surface area contributed by atoms with Crippen LogP contribution in [-0.4, -0.2) is 39.6 Å². The molecule has 1 atom stereocenters. The summed E-state index contributed by atoms with van der Waals surface area (Å²) in [6.45, 7) is 5.23. The van der Waals surface area contributed by atoms with Crippen LogP contribution in [0.15, 0.2) is 48.8 Å². The van der Waals surface area contributed by atoms with Gasteiger partial charge in [-0.3, -0.25) is 10.1 Å². The number of nitrogens with zero attached hydrogens (tertiary/aromatic N) is 3. The highest BCUT2D eigenvalue weighted by atomic mass is 16.5. The number of amides is 1. The second-order valence-electron chi connectivity index (χ2n) is 6.43. The summed E-state index contributed by atoms with van der Waals surface area (Å²) in [4.78, 5) is 32.7. The van der Waals surface area contributed by atoms with E-state index in [9.17, 15) is 9.59 Å². The minimum atomic E-state index is -1.00.